The number of pyridine rings is 1. The van der Waals surface area contributed by atoms with Crippen LogP contribution in [0.25, 0.3) is 11.0 Å². The summed E-state index contributed by atoms with van der Waals surface area (Å²) in [5.41, 5.74) is 1.45. The van der Waals surface area contributed by atoms with Gasteiger partial charge in [-0.25, -0.2) is 9.37 Å². The van der Waals surface area contributed by atoms with E-state index < -0.39 is 5.82 Å². The minimum absolute atomic E-state index is 0.144. The number of carbonyl (C=O) groups excluding carboxylic acids is 1. The first-order valence-corrected chi connectivity index (χ1v) is 6.33. The molecule has 0 atom stereocenters. The molecule has 0 aliphatic rings. The fraction of sp³-hybridized carbons (Fsp3) is 0.125. The predicted molar refractivity (Wildman–Crippen MR) is 75.1 cm³/mol. The number of aromatic nitrogens is 1. The fourth-order valence-electron chi connectivity index (χ4n) is 2.17. The van der Waals surface area contributed by atoms with E-state index in [1.54, 1.807) is 26.2 Å². The zero-order valence-corrected chi connectivity index (χ0v) is 11.5. The van der Waals surface area contributed by atoms with Crippen LogP contribution in [0.2, 0.25) is 0 Å². The molecule has 0 spiro atoms. The van der Waals surface area contributed by atoms with Gasteiger partial charge in [0.1, 0.15) is 22.8 Å². The number of ketones is 1. The lowest BCUT2D eigenvalue weighted by Gasteiger charge is -1.98. The van der Waals surface area contributed by atoms with Gasteiger partial charge in [0.15, 0.2) is 5.76 Å². The maximum Gasteiger partial charge on any atom is 0.246 e. The zero-order chi connectivity index (χ0) is 15.0. The summed E-state index contributed by atoms with van der Waals surface area (Å²) in [5.74, 6) is 0.0305. The molecule has 3 aromatic rings. The Morgan fingerprint density at radius 2 is 2.10 bits per heavy atom. The largest absolute Gasteiger partial charge is 0.497 e. The second kappa shape index (κ2) is 5.01. The number of fused-ring (bicyclic) bond motifs is 1. The molecule has 2 heterocycles. The number of carbonyl (C=O) groups is 1. The van der Waals surface area contributed by atoms with E-state index in [2.05, 4.69) is 4.98 Å². The van der Waals surface area contributed by atoms with Crippen LogP contribution in [0.15, 0.2) is 40.9 Å². The van der Waals surface area contributed by atoms with Crippen LogP contribution in [0.1, 0.15) is 21.8 Å². The van der Waals surface area contributed by atoms with Gasteiger partial charge in [0.25, 0.3) is 0 Å². The first-order chi connectivity index (χ1) is 10.1. The minimum atomic E-state index is -0.488. The van der Waals surface area contributed by atoms with Gasteiger partial charge in [-0.05, 0) is 37.3 Å². The van der Waals surface area contributed by atoms with Crippen molar-refractivity contribution < 1.29 is 18.3 Å². The van der Waals surface area contributed by atoms with E-state index in [4.69, 9.17) is 9.15 Å². The lowest BCUT2D eigenvalue weighted by molar-refractivity contribution is 0.101. The molecular formula is C16H12FNO3. The Kier molecular flexibility index (Phi) is 3.17. The van der Waals surface area contributed by atoms with E-state index in [0.717, 1.165) is 11.6 Å². The van der Waals surface area contributed by atoms with E-state index in [9.17, 15) is 9.18 Å². The van der Waals surface area contributed by atoms with Gasteiger partial charge in [0, 0.05) is 10.9 Å². The number of rotatable bonds is 3. The van der Waals surface area contributed by atoms with Gasteiger partial charge < -0.3 is 9.15 Å². The summed E-state index contributed by atoms with van der Waals surface area (Å²) in [6.45, 7) is 1.79. The normalized spacial score (nSPS) is 10.8. The van der Waals surface area contributed by atoms with E-state index in [1.807, 2.05) is 6.07 Å². The predicted octanol–water partition coefficient (Wildman–Crippen LogP) is 3.51. The molecule has 0 aliphatic heterocycles. The van der Waals surface area contributed by atoms with Gasteiger partial charge in [0.2, 0.25) is 5.78 Å². The first kappa shape index (κ1) is 13.3. The molecule has 0 aliphatic carbocycles. The van der Waals surface area contributed by atoms with E-state index in [1.165, 1.54) is 12.1 Å². The molecule has 0 bridgehead atoms. The number of ether oxygens (including phenoxy) is 1. The van der Waals surface area contributed by atoms with Crippen molar-refractivity contribution in [3.63, 3.8) is 0 Å². The quantitative estimate of drug-likeness (QED) is 0.691. The summed E-state index contributed by atoms with van der Waals surface area (Å²) in [6.07, 6.45) is 1.01. The second-order valence-corrected chi connectivity index (χ2v) is 4.61. The maximum absolute atomic E-state index is 12.9. The number of aryl methyl sites for hydroxylation is 1. The molecule has 4 nitrogen and oxygen atoms in total. The van der Waals surface area contributed by atoms with Crippen molar-refractivity contribution in [2.45, 2.75) is 6.92 Å². The van der Waals surface area contributed by atoms with Gasteiger partial charge in [-0.1, -0.05) is 0 Å². The number of methoxy groups -OCH3 is 1. The fourth-order valence-corrected chi connectivity index (χ4v) is 2.17. The number of furan rings is 1. The van der Waals surface area contributed by atoms with Crippen molar-refractivity contribution in [2.75, 3.05) is 7.11 Å². The molecule has 106 valence electrons. The highest BCUT2D eigenvalue weighted by Crippen LogP contribution is 2.29. The molecule has 3 rings (SSSR count). The number of halogens is 1. The van der Waals surface area contributed by atoms with Crippen molar-refractivity contribution in [2.24, 2.45) is 0 Å². The SMILES string of the molecule is COc1ccc2oc(C(=O)c3ccc(F)cn3)c(C)c2c1. The smallest absolute Gasteiger partial charge is 0.246 e. The molecule has 21 heavy (non-hydrogen) atoms. The Labute approximate surface area is 120 Å². The molecule has 2 aromatic heterocycles. The molecule has 1 aromatic carbocycles. The number of hydrogen-bond acceptors (Lipinski definition) is 4. The van der Waals surface area contributed by atoms with Crippen LogP contribution in [0.3, 0.4) is 0 Å². The monoisotopic (exact) mass is 285 g/mol. The van der Waals surface area contributed by atoms with Crippen molar-refractivity contribution in [3.8, 4) is 5.75 Å². The highest BCUT2D eigenvalue weighted by Gasteiger charge is 2.20. The Hall–Kier alpha value is -2.69. The standard InChI is InChI=1S/C16H12FNO3/c1-9-12-7-11(20-2)4-6-14(12)21-16(9)15(19)13-5-3-10(17)8-18-13/h3-8H,1-2H3. The molecule has 0 saturated heterocycles. The Morgan fingerprint density at radius 1 is 1.29 bits per heavy atom. The first-order valence-electron chi connectivity index (χ1n) is 6.33. The van der Waals surface area contributed by atoms with Crippen LogP contribution in [0.4, 0.5) is 4.39 Å². The lowest BCUT2D eigenvalue weighted by atomic mass is 10.1. The molecule has 0 fully saturated rings. The Morgan fingerprint density at radius 3 is 2.76 bits per heavy atom. The van der Waals surface area contributed by atoms with Gasteiger partial charge in [-0.3, -0.25) is 4.79 Å². The van der Waals surface area contributed by atoms with Crippen LogP contribution < -0.4 is 4.74 Å². The van der Waals surface area contributed by atoms with Crippen LogP contribution >= 0.6 is 0 Å². The van der Waals surface area contributed by atoms with E-state index in [-0.39, 0.29) is 17.2 Å². The van der Waals surface area contributed by atoms with Crippen LogP contribution in [0, 0.1) is 12.7 Å². The molecular weight excluding hydrogens is 273 g/mol. The van der Waals surface area contributed by atoms with Gasteiger partial charge in [0.05, 0.1) is 13.3 Å². The maximum atomic E-state index is 12.9. The van der Waals surface area contributed by atoms with Crippen molar-refractivity contribution in [1.29, 1.82) is 0 Å². The molecule has 0 radical (unpaired) electrons. The Bertz CT molecular complexity index is 821. The topological polar surface area (TPSA) is 52.3 Å². The highest BCUT2D eigenvalue weighted by molar-refractivity contribution is 6.09. The highest BCUT2D eigenvalue weighted by atomic mass is 19.1. The van der Waals surface area contributed by atoms with Crippen molar-refractivity contribution in [3.05, 3.63) is 59.4 Å². The van der Waals surface area contributed by atoms with Gasteiger partial charge in [-0.2, -0.15) is 0 Å². The molecule has 0 saturated carbocycles. The summed E-state index contributed by atoms with van der Waals surface area (Å²) < 4.78 is 23.6. The summed E-state index contributed by atoms with van der Waals surface area (Å²) in [4.78, 5) is 16.2. The summed E-state index contributed by atoms with van der Waals surface area (Å²) in [6, 6.07) is 7.85. The summed E-state index contributed by atoms with van der Waals surface area (Å²) in [7, 11) is 1.57. The zero-order valence-electron chi connectivity index (χ0n) is 11.5. The Balaban J connectivity index is 2.09. The molecule has 0 N–H and O–H groups in total. The molecule has 0 amide bonds. The van der Waals surface area contributed by atoms with Gasteiger partial charge >= 0.3 is 0 Å². The lowest BCUT2D eigenvalue weighted by Crippen LogP contribution is -2.04. The van der Waals surface area contributed by atoms with E-state index >= 15 is 0 Å². The number of hydrogen-bond donors (Lipinski definition) is 0. The minimum Gasteiger partial charge on any atom is -0.497 e. The van der Waals surface area contributed by atoms with E-state index in [0.29, 0.717) is 16.9 Å². The molecule has 0 unspecified atom stereocenters. The number of benzene rings is 1. The van der Waals surface area contributed by atoms with Crippen LogP contribution in [-0.2, 0) is 0 Å². The second-order valence-electron chi connectivity index (χ2n) is 4.61. The van der Waals surface area contributed by atoms with Crippen LogP contribution in [-0.4, -0.2) is 17.9 Å². The average molecular weight is 285 g/mol. The number of nitrogens with zero attached hydrogens (tertiary/aromatic N) is 1. The third-order valence-electron chi connectivity index (χ3n) is 3.31. The average Bonchev–Trinajstić information content (AvgIpc) is 2.84. The molecule has 5 heteroatoms. The summed E-state index contributed by atoms with van der Waals surface area (Å²) >= 11 is 0. The third kappa shape index (κ3) is 2.27. The third-order valence-corrected chi connectivity index (χ3v) is 3.31. The van der Waals surface area contributed by atoms with Crippen LogP contribution in [0.5, 0.6) is 5.75 Å². The summed E-state index contributed by atoms with van der Waals surface area (Å²) in [5, 5.41) is 0.805. The van der Waals surface area contributed by atoms with Gasteiger partial charge in [-0.15, -0.1) is 0 Å². The van der Waals surface area contributed by atoms with Crippen molar-refractivity contribution in [1.82, 2.24) is 4.98 Å². The van der Waals surface area contributed by atoms with Crippen molar-refractivity contribution >= 4 is 16.8 Å².